The molecule has 0 aliphatic rings. The van der Waals surface area contributed by atoms with E-state index in [-0.39, 0.29) is 5.91 Å². The van der Waals surface area contributed by atoms with Crippen molar-refractivity contribution in [3.05, 3.63) is 0 Å². The number of methoxy groups -OCH3 is 2. The maximum Gasteiger partial charge on any atom is 0.500 e. The summed E-state index contributed by atoms with van der Waals surface area (Å²) in [5.74, 6) is -0.00329. The molecule has 0 saturated heterocycles. The number of rotatable bonds is 25. The van der Waals surface area contributed by atoms with Gasteiger partial charge in [0.15, 0.2) is 0 Å². The zero-order chi connectivity index (χ0) is 24.8. The molecule has 0 fully saturated rings. The number of hydrogen-bond donors (Lipinski definition) is 4. The Bertz CT molecular complexity index is 418. The first-order valence-electron chi connectivity index (χ1n) is 12.1. The smallest absolute Gasteiger partial charge is 0.377 e. The molecule has 0 unspecified atom stereocenters. The Kier molecular flexibility index (Phi) is 22.5. The molecule has 0 aliphatic carbocycles. The first-order valence-corrected chi connectivity index (χ1v) is 15.8. The van der Waals surface area contributed by atoms with Crippen LogP contribution in [0.3, 0.4) is 0 Å². The van der Waals surface area contributed by atoms with Crippen LogP contribution in [-0.4, -0.2) is 135 Å². The monoisotopic (exact) mass is 512 g/mol. The molecule has 0 heterocycles. The second-order valence-electron chi connectivity index (χ2n) is 7.78. The lowest BCUT2D eigenvalue weighted by Crippen LogP contribution is -2.50. The van der Waals surface area contributed by atoms with Gasteiger partial charge in [-0.2, -0.15) is 0 Å². The molecule has 0 aliphatic heterocycles. The minimum Gasteiger partial charge on any atom is -0.377 e. The summed E-state index contributed by atoms with van der Waals surface area (Å²) in [6, 6.07) is 1.95. The Hall–Kier alpha value is -0.00623. The van der Waals surface area contributed by atoms with Crippen molar-refractivity contribution in [3.63, 3.8) is 0 Å². The Morgan fingerprint density at radius 3 is 1.64 bits per heavy atom. The Morgan fingerprint density at radius 2 is 1.21 bits per heavy atom. The van der Waals surface area contributed by atoms with Gasteiger partial charge in [0, 0.05) is 107 Å². The molecule has 0 rings (SSSR count). The molecule has 0 saturated carbocycles. The molecule has 6 N–H and O–H groups in total. The lowest BCUT2D eigenvalue weighted by Gasteiger charge is -2.36. The van der Waals surface area contributed by atoms with Crippen LogP contribution in [0, 0.1) is 0 Å². The van der Waals surface area contributed by atoms with Gasteiger partial charge in [-0.3, -0.25) is 0 Å². The van der Waals surface area contributed by atoms with E-state index in [1.54, 1.807) is 35.5 Å². The largest absolute Gasteiger partial charge is 0.500 e. The Labute approximate surface area is 205 Å². The third-order valence-corrected chi connectivity index (χ3v) is 10.5. The molecule has 0 spiro atoms. The molecular weight excluding hydrogens is 460 g/mol. The molecule has 11 nitrogen and oxygen atoms in total. The quantitative estimate of drug-likeness (QED) is 0.0490. The van der Waals surface area contributed by atoms with E-state index in [4.69, 9.17) is 34.2 Å². The first kappa shape index (κ1) is 33.0. The van der Waals surface area contributed by atoms with Crippen LogP contribution in [0.2, 0.25) is 12.1 Å². The number of ether oxygens (including phenoxy) is 2. The van der Waals surface area contributed by atoms with Gasteiger partial charge in [0.1, 0.15) is 5.91 Å². The number of hydrazine groups is 1. The van der Waals surface area contributed by atoms with Crippen LogP contribution in [0.4, 0.5) is 0 Å². The van der Waals surface area contributed by atoms with Gasteiger partial charge in [0.05, 0.1) is 9.52 Å². The molecule has 0 aromatic carbocycles. The third-order valence-electron chi connectivity index (χ3n) is 5.60. The second kappa shape index (κ2) is 22.5. The van der Waals surface area contributed by atoms with Gasteiger partial charge in [-0.15, -0.1) is 0 Å². The summed E-state index contributed by atoms with van der Waals surface area (Å²) in [5, 5.41) is 11.7. The zero-order valence-electron chi connectivity index (χ0n) is 21.8. The third kappa shape index (κ3) is 15.6. The highest BCUT2D eigenvalue weighted by atomic mass is 28.4. The lowest BCUT2D eigenvalue weighted by molar-refractivity contribution is -0.0447. The molecule has 0 radical (unpaired) electrons. The van der Waals surface area contributed by atoms with Gasteiger partial charge in [-0.1, -0.05) is 6.04 Å². The summed E-state index contributed by atoms with van der Waals surface area (Å²) >= 11 is 0. The topological polar surface area (TPSA) is 129 Å². The fraction of sp³-hybridized carbons (Fsp3) is 1.00. The van der Waals surface area contributed by atoms with Crippen molar-refractivity contribution in [2.45, 2.75) is 30.8 Å². The highest BCUT2D eigenvalue weighted by Crippen LogP contribution is 2.16. The Morgan fingerprint density at radius 1 is 0.727 bits per heavy atom. The van der Waals surface area contributed by atoms with Gasteiger partial charge in [-0.05, 0) is 12.8 Å². The fourth-order valence-corrected chi connectivity index (χ4v) is 6.65. The number of nitrogens with two attached hydrogens (primary N) is 2. The summed E-state index contributed by atoms with van der Waals surface area (Å²) in [5.41, 5.74) is 11.3. The van der Waals surface area contributed by atoms with Crippen LogP contribution in [0.5, 0.6) is 0 Å². The van der Waals surface area contributed by atoms with Crippen LogP contribution in [0.15, 0.2) is 0 Å². The predicted octanol–water partition coefficient (Wildman–Crippen LogP) is -1.58. The minimum absolute atomic E-state index is 0.00329. The molecular formula is C20H52N6O5Si2. The molecule has 33 heavy (non-hydrogen) atoms. The second-order valence-corrected chi connectivity index (χ2v) is 12.8. The molecule has 0 amide bonds. The van der Waals surface area contributed by atoms with Crippen molar-refractivity contribution in [2.75, 3.05) is 101 Å². The van der Waals surface area contributed by atoms with Crippen LogP contribution in [0.1, 0.15) is 12.8 Å². The van der Waals surface area contributed by atoms with Crippen LogP contribution < -0.4 is 22.1 Å². The first-order chi connectivity index (χ1) is 16.1. The van der Waals surface area contributed by atoms with Crippen molar-refractivity contribution in [1.29, 1.82) is 0 Å². The maximum atomic E-state index is 5.64. The summed E-state index contributed by atoms with van der Waals surface area (Å²) in [4.78, 5) is 0. The normalized spacial score (nSPS) is 12.9. The zero-order valence-corrected chi connectivity index (χ0v) is 24.2. The summed E-state index contributed by atoms with van der Waals surface area (Å²) in [6.45, 7) is 8.45. The molecule has 13 heteroatoms. The van der Waals surface area contributed by atoms with Crippen molar-refractivity contribution < 1.29 is 22.8 Å². The van der Waals surface area contributed by atoms with Crippen LogP contribution in [-0.2, 0) is 22.8 Å². The molecule has 0 aromatic heterocycles. The van der Waals surface area contributed by atoms with E-state index >= 15 is 0 Å². The molecule has 0 aromatic rings. The van der Waals surface area contributed by atoms with Crippen LogP contribution >= 0.6 is 0 Å². The van der Waals surface area contributed by atoms with E-state index in [0.717, 1.165) is 71.2 Å². The minimum atomic E-state index is -2.58. The average molecular weight is 513 g/mol. The fourth-order valence-electron chi connectivity index (χ4n) is 3.63. The van der Waals surface area contributed by atoms with Crippen LogP contribution in [0.25, 0.3) is 0 Å². The number of nitrogens with zero attached hydrogens (tertiary/aromatic N) is 2. The summed E-state index contributed by atoms with van der Waals surface area (Å²) < 4.78 is 27.6. The Balaban J connectivity index is 5.03. The maximum absolute atomic E-state index is 5.64. The highest BCUT2D eigenvalue weighted by molar-refractivity contribution is 6.60. The van der Waals surface area contributed by atoms with Gasteiger partial charge >= 0.3 is 8.80 Å². The van der Waals surface area contributed by atoms with Gasteiger partial charge in [0.25, 0.3) is 0 Å². The summed E-state index contributed by atoms with van der Waals surface area (Å²) in [6.07, 6.45) is 2.04. The lowest BCUT2D eigenvalue weighted by atomic mass is 10.4. The average Bonchev–Trinajstić information content (AvgIpc) is 2.85. The SMILES string of the molecule is COC(OC)[SiH2]CCCN(CCNCCN)N(CCC[Si](OC)(OC)OC)CCNCCN. The number of hydrogen-bond acceptors (Lipinski definition) is 11. The number of nitrogens with one attached hydrogen (secondary N) is 2. The predicted molar refractivity (Wildman–Crippen MR) is 139 cm³/mol. The van der Waals surface area contributed by atoms with Gasteiger partial charge in [-0.25, -0.2) is 10.0 Å². The van der Waals surface area contributed by atoms with E-state index in [1.807, 2.05) is 0 Å². The van der Waals surface area contributed by atoms with Crippen molar-refractivity contribution in [1.82, 2.24) is 20.7 Å². The molecule has 0 atom stereocenters. The van der Waals surface area contributed by atoms with E-state index < -0.39 is 18.3 Å². The van der Waals surface area contributed by atoms with E-state index in [0.29, 0.717) is 13.1 Å². The van der Waals surface area contributed by atoms with Gasteiger partial charge < -0.3 is 44.9 Å². The standard InChI is InChI=1S/C20H52N6O5Si2/c1-27-20(28-2)32-18-6-14-25(16-12-23-10-8-21)26(17-13-24-11-9-22)15-7-19-33(29-3,30-4)31-5/h20,23-24H,6-19,21-22,32H2,1-5H3. The molecule has 200 valence electrons. The summed E-state index contributed by atoms with van der Waals surface area (Å²) in [7, 11) is 5.43. The van der Waals surface area contributed by atoms with E-state index in [1.165, 1.54) is 6.04 Å². The van der Waals surface area contributed by atoms with Crippen molar-refractivity contribution in [2.24, 2.45) is 11.5 Å². The highest BCUT2D eigenvalue weighted by Gasteiger charge is 2.37. The van der Waals surface area contributed by atoms with Crippen molar-refractivity contribution >= 4 is 18.3 Å². The van der Waals surface area contributed by atoms with E-state index in [9.17, 15) is 0 Å². The van der Waals surface area contributed by atoms with Crippen molar-refractivity contribution in [3.8, 4) is 0 Å². The van der Waals surface area contributed by atoms with E-state index in [2.05, 4.69) is 20.7 Å². The van der Waals surface area contributed by atoms with Gasteiger partial charge in [0.2, 0.25) is 0 Å². The molecule has 0 bridgehead atoms.